The first-order valence-electron chi connectivity index (χ1n) is 6.11. The van der Waals surface area contributed by atoms with E-state index in [0.29, 0.717) is 12.3 Å². The van der Waals surface area contributed by atoms with Crippen LogP contribution in [0.2, 0.25) is 0 Å². The first-order valence-corrected chi connectivity index (χ1v) is 6.11. The number of hydrogen-bond acceptors (Lipinski definition) is 2. The van der Waals surface area contributed by atoms with Gasteiger partial charge < -0.3 is 10.5 Å². The Balaban J connectivity index is 2.13. The number of rotatable bonds is 3. The van der Waals surface area contributed by atoms with Crippen molar-refractivity contribution in [2.75, 3.05) is 5.73 Å². The van der Waals surface area contributed by atoms with Gasteiger partial charge in [-0.2, -0.15) is 0 Å². The highest BCUT2D eigenvalue weighted by molar-refractivity contribution is 5.54. The number of nitrogen functional groups attached to an aromatic ring is 1. The Labute approximate surface area is 108 Å². The largest absolute Gasteiger partial charge is 0.487 e. The molecule has 0 aliphatic heterocycles. The van der Waals surface area contributed by atoms with Gasteiger partial charge in [-0.15, -0.1) is 0 Å². The number of aryl methyl sites for hydroxylation is 3. The smallest absolute Gasteiger partial charge is 0.142 e. The van der Waals surface area contributed by atoms with E-state index in [1.54, 1.807) is 0 Å². The highest BCUT2D eigenvalue weighted by Crippen LogP contribution is 2.23. The lowest BCUT2D eigenvalue weighted by Gasteiger charge is -2.11. The average molecular weight is 241 g/mol. The van der Waals surface area contributed by atoms with Crippen LogP contribution in [0.5, 0.6) is 5.75 Å². The maximum atomic E-state index is 5.93. The van der Waals surface area contributed by atoms with Gasteiger partial charge in [-0.25, -0.2) is 0 Å². The van der Waals surface area contributed by atoms with Gasteiger partial charge in [0.25, 0.3) is 0 Å². The number of hydrogen-bond donors (Lipinski definition) is 1. The summed E-state index contributed by atoms with van der Waals surface area (Å²) in [5, 5.41) is 0. The Hall–Kier alpha value is -1.96. The first kappa shape index (κ1) is 12.5. The van der Waals surface area contributed by atoms with Crippen LogP contribution in [0.1, 0.15) is 22.3 Å². The number of nitrogens with two attached hydrogens (primary N) is 1. The van der Waals surface area contributed by atoms with Gasteiger partial charge in [0, 0.05) is 0 Å². The van der Waals surface area contributed by atoms with E-state index in [-0.39, 0.29) is 0 Å². The van der Waals surface area contributed by atoms with Crippen LogP contribution in [0.25, 0.3) is 0 Å². The van der Waals surface area contributed by atoms with Gasteiger partial charge in [0.05, 0.1) is 5.69 Å². The number of ether oxygens (including phenoxy) is 1. The van der Waals surface area contributed by atoms with Crippen LogP contribution in [0.15, 0.2) is 36.4 Å². The topological polar surface area (TPSA) is 35.2 Å². The summed E-state index contributed by atoms with van der Waals surface area (Å²) in [6, 6.07) is 12.2. The Kier molecular flexibility index (Phi) is 3.56. The predicted molar refractivity (Wildman–Crippen MR) is 75.8 cm³/mol. The molecule has 2 aromatic carbocycles. The standard InChI is InChI=1S/C16H19NO/c1-11-4-6-13(3)14(8-11)10-18-16-7-5-12(2)9-15(16)17/h4-9H,10,17H2,1-3H3. The summed E-state index contributed by atoms with van der Waals surface area (Å²) < 4.78 is 5.79. The molecule has 0 saturated heterocycles. The molecule has 0 aliphatic carbocycles. The Morgan fingerprint density at radius 3 is 2.33 bits per heavy atom. The summed E-state index contributed by atoms with van der Waals surface area (Å²) in [4.78, 5) is 0. The molecular formula is C16H19NO. The average Bonchev–Trinajstić information content (AvgIpc) is 2.32. The number of benzene rings is 2. The summed E-state index contributed by atoms with van der Waals surface area (Å²) in [5.41, 5.74) is 11.5. The Bertz CT molecular complexity index is 561. The fourth-order valence-electron chi connectivity index (χ4n) is 1.91. The molecule has 0 bridgehead atoms. The van der Waals surface area contributed by atoms with Crippen LogP contribution in [-0.4, -0.2) is 0 Å². The van der Waals surface area contributed by atoms with Crippen LogP contribution >= 0.6 is 0 Å². The van der Waals surface area contributed by atoms with E-state index in [1.807, 2.05) is 25.1 Å². The minimum Gasteiger partial charge on any atom is -0.487 e. The SMILES string of the molecule is Cc1ccc(OCc2cc(C)ccc2C)c(N)c1. The van der Waals surface area contributed by atoms with E-state index in [0.717, 1.165) is 11.3 Å². The lowest BCUT2D eigenvalue weighted by atomic mass is 10.1. The molecule has 0 radical (unpaired) electrons. The quantitative estimate of drug-likeness (QED) is 0.830. The summed E-state index contributed by atoms with van der Waals surface area (Å²) in [5.74, 6) is 0.751. The molecule has 2 nitrogen and oxygen atoms in total. The molecule has 0 saturated carbocycles. The molecule has 0 spiro atoms. The monoisotopic (exact) mass is 241 g/mol. The maximum Gasteiger partial charge on any atom is 0.142 e. The summed E-state index contributed by atoms with van der Waals surface area (Å²) >= 11 is 0. The third kappa shape index (κ3) is 2.83. The molecule has 0 amide bonds. The molecule has 18 heavy (non-hydrogen) atoms. The van der Waals surface area contributed by atoms with Crippen molar-refractivity contribution in [1.29, 1.82) is 0 Å². The van der Waals surface area contributed by atoms with Crippen molar-refractivity contribution in [2.45, 2.75) is 27.4 Å². The molecule has 94 valence electrons. The molecule has 0 aromatic heterocycles. The molecule has 0 atom stereocenters. The van der Waals surface area contributed by atoms with Crippen LogP contribution in [0.4, 0.5) is 5.69 Å². The van der Waals surface area contributed by atoms with Crippen molar-refractivity contribution >= 4 is 5.69 Å². The zero-order valence-electron chi connectivity index (χ0n) is 11.2. The Morgan fingerprint density at radius 2 is 1.61 bits per heavy atom. The number of anilines is 1. The maximum absolute atomic E-state index is 5.93. The zero-order chi connectivity index (χ0) is 13.1. The third-order valence-corrected chi connectivity index (χ3v) is 3.05. The molecule has 0 aliphatic rings. The molecule has 0 unspecified atom stereocenters. The van der Waals surface area contributed by atoms with E-state index in [1.165, 1.54) is 16.7 Å². The third-order valence-electron chi connectivity index (χ3n) is 3.05. The van der Waals surface area contributed by atoms with E-state index in [4.69, 9.17) is 10.5 Å². The lowest BCUT2D eigenvalue weighted by Crippen LogP contribution is -2.01. The van der Waals surface area contributed by atoms with Gasteiger partial charge in [0.1, 0.15) is 12.4 Å². The molecular weight excluding hydrogens is 222 g/mol. The van der Waals surface area contributed by atoms with Gasteiger partial charge in [0.2, 0.25) is 0 Å². The Morgan fingerprint density at radius 1 is 0.944 bits per heavy atom. The van der Waals surface area contributed by atoms with Crippen molar-refractivity contribution in [3.05, 3.63) is 58.7 Å². The second-order valence-corrected chi connectivity index (χ2v) is 4.76. The molecule has 2 aromatic rings. The van der Waals surface area contributed by atoms with Gasteiger partial charge >= 0.3 is 0 Å². The summed E-state index contributed by atoms with van der Waals surface area (Å²) in [7, 11) is 0. The van der Waals surface area contributed by atoms with Crippen LogP contribution in [0, 0.1) is 20.8 Å². The molecule has 2 heteroatoms. The minimum absolute atomic E-state index is 0.556. The van der Waals surface area contributed by atoms with Gasteiger partial charge in [-0.1, -0.05) is 29.8 Å². The van der Waals surface area contributed by atoms with Crippen molar-refractivity contribution in [3.63, 3.8) is 0 Å². The van der Waals surface area contributed by atoms with Crippen LogP contribution in [0.3, 0.4) is 0 Å². The fraction of sp³-hybridized carbons (Fsp3) is 0.250. The molecule has 2 N–H and O–H groups in total. The van der Waals surface area contributed by atoms with Gasteiger partial charge in [-0.3, -0.25) is 0 Å². The highest BCUT2D eigenvalue weighted by atomic mass is 16.5. The second kappa shape index (κ2) is 5.13. The zero-order valence-corrected chi connectivity index (χ0v) is 11.2. The van der Waals surface area contributed by atoms with Crippen LogP contribution < -0.4 is 10.5 Å². The van der Waals surface area contributed by atoms with E-state index >= 15 is 0 Å². The van der Waals surface area contributed by atoms with Crippen LogP contribution in [-0.2, 0) is 6.61 Å². The van der Waals surface area contributed by atoms with Crippen molar-refractivity contribution in [1.82, 2.24) is 0 Å². The van der Waals surface area contributed by atoms with E-state index in [2.05, 4.69) is 32.0 Å². The minimum atomic E-state index is 0.556. The molecule has 2 rings (SSSR count). The second-order valence-electron chi connectivity index (χ2n) is 4.76. The molecule has 0 fully saturated rings. The highest BCUT2D eigenvalue weighted by Gasteiger charge is 2.03. The van der Waals surface area contributed by atoms with E-state index < -0.39 is 0 Å². The predicted octanol–water partition coefficient (Wildman–Crippen LogP) is 3.77. The van der Waals surface area contributed by atoms with Gasteiger partial charge in [0.15, 0.2) is 0 Å². The normalized spacial score (nSPS) is 10.4. The summed E-state index contributed by atoms with van der Waals surface area (Å²) in [6.07, 6.45) is 0. The van der Waals surface area contributed by atoms with Crippen molar-refractivity contribution in [3.8, 4) is 5.75 Å². The fourth-order valence-corrected chi connectivity index (χ4v) is 1.91. The van der Waals surface area contributed by atoms with Crippen molar-refractivity contribution in [2.24, 2.45) is 0 Å². The first-order chi connectivity index (χ1) is 8.56. The lowest BCUT2D eigenvalue weighted by molar-refractivity contribution is 0.307. The van der Waals surface area contributed by atoms with E-state index in [9.17, 15) is 0 Å². The van der Waals surface area contributed by atoms with Gasteiger partial charge in [-0.05, 0) is 49.6 Å². The molecule has 0 heterocycles. The summed E-state index contributed by atoms with van der Waals surface area (Å²) in [6.45, 7) is 6.76. The van der Waals surface area contributed by atoms with Crippen molar-refractivity contribution < 1.29 is 4.74 Å².